The molecule has 0 spiro atoms. The van der Waals surface area contributed by atoms with Crippen LogP contribution in [0.25, 0.3) is 0 Å². The average Bonchev–Trinajstić information content (AvgIpc) is 3.25. The summed E-state index contributed by atoms with van der Waals surface area (Å²) in [4.78, 5) is 12.5. The summed E-state index contributed by atoms with van der Waals surface area (Å²) in [5.41, 5.74) is 1.04. The van der Waals surface area contributed by atoms with Crippen LogP contribution in [0.4, 0.5) is 4.79 Å². The number of aromatic nitrogens is 2. The van der Waals surface area contributed by atoms with Gasteiger partial charge in [-0.3, -0.25) is 4.68 Å². The molecule has 0 radical (unpaired) electrons. The largest absolute Gasteiger partial charge is 0.486 e. The minimum absolute atomic E-state index is 0.0751. The Hall–Kier alpha value is -2.74. The van der Waals surface area contributed by atoms with E-state index in [1.807, 2.05) is 41.2 Å². The van der Waals surface area contributed by atoms with Crippen molar-refractivity contribution in [1.82, 2.24) is 20.4 Å². The Labute approximate surface area is 169 Å². The number of rotatable bonds is 6. The van der Waals surface area contributed by atoms with Gasteiger partial charge < -0.3 is 24.8 Å². The molecule has 1 saturated heterocycles. The molecule has 2 amide bonds. The van der Waals surface area contributed by atoms with Crippen LogP contribution in [0, 0.1) is 5.92 Å². The molecule has 2 N–H and O–H groups in total. The predicted octanol–water partition coefficient (Wildman–Crippen LogP) is 2.26. The average molecular weight is 398 g/mol. The Balaban J connectivity index is 1.14. The summed E-state index contributed by atoms with van der Waals surface area (Å²) >= 11 is 0. The third-order valence-corrected chi connectivity index (χ3v) is 5.63. The molecule has 0 bridgehead atoms. The van der Waals surface area contributed by atoms with Gasteiger partial charge >= 0.3 is 6.03 Å². The molecule has 3 atom stereocenters. The number of amides is 2. The number of nitrogens with zero attached hydrogens (tertiary/aromatic N) is 2. The molecule has 2 aromatic rings. The molecule has 8 heteroatoms. The van der Waals surface area contributed by atoms with Crippen LogP contribution in [0.2, 0.25) is 0 Å². The van der Waals surface area contributed by atoms with Crippen molar-refractivity contribution in [2.45, 2.75) is 44.1 Å². The molecule has 1 unspecified atom stereocenters. The summed E-state index contributed by atoms with van der Waals surface area (Å²) in [6, 6.07) is 9.25. The number of para-hydroxylation sites is 2. The second-order valence-electron chi connectivity index (χ2n) is 7.92. The van der Waals surface area contributed by atoms with Crippen LogP contribution in [0.5, 0.6) is 11.5 Å². The molecule has 8 nitrogen and oxygen atoms in total. The maximum Gasteiger partial charge on any atom is 0.315 e. The quantitative estimate of drug-likeness (QED) is 0.780. The molecule has 2 aliphatic heterocycles. The van der Waals surface area contributed by atoms with Gasteiger partial charge in [0.25, 0.3) is 0 Å². The van der Waals surface area contributed by atoms with Crippen molar-refractivity contribution in [3.63, 3.8) is 0 Å². The first-order valence-corrected chi connectivity index (χ1v) is 10.3. The fourth-order valence-electron chi connectivity index (χ4n) is 3.90. The van der Waals surface area contributed by atoms with Crippen LogP contribution in [-0.4, -0.2) is 47.7 Å². The van der Waals surface area contributed by atoms with Crippen molar-refractivity contribution in [1.29, 1.82) is 0 Å². The SMILES string of the molecule is O=C(NCC1COc2ccccc2O1)N[C@@H]1CCO[C@H]1c1ccnn1CC1CC1. The lowest BCUT2D eigenvalue weighted by Crippen LogP contribution is -2.48. The van der Waals surface area contributed by atoms with Gasteiger partial charge in [0.05, 0.1) is 18.3 Å². The molecule has 5 rings (SSSR count). The molecule has 3 aliphatic rings. The van der Waals surface area contributed by atoms with Gasteiger partial charge in [0.15, 0.2) is 17.6 Å². The van der Waals surface area contributed by atoms with Crippen molar-refractivity contribution in [3.8, 4) is 11.5 Å². The zero-order valence-electron chi connectivity index (χ0n) is 16.3. The minimum atomic E-state index is -0.221. The van der Waals surface area contributed by atoms with E-state index in [-0.39, 0.29) is 24.3 Å². The number of ether oxygens (including phenoxy) is 3. The number of hydrogen-bond acceptors (Lipinski definition) is 5. The van der Waals surface area contributed by atoms with Crippen LogP contribution >= 0.6 is 0 Å². The van der Waals surface area contributed by atoms with Gasteiger partial charge in [0, 0.05) is 19.3 Å². The highest BCUT2D eigenvalue weighted by atomic mass is 16.6. The molecular formula is C21H26N4O4. The summed E-state index contributed by atoms with van der Waals surface area (Å²) in [5, 5.41) is 10.4. The fraction of sp³-hybridized carbons (Fsp3) is 0.524. The number of carbonyl (C=O) groups is 1. The van der Waals surface area contributed by atoms with Crippen LogP contribution in [0.1, 0.15) is 31.1 Å². The normalized spacial score (nSPS) is 25.6. The van der Waals surface area contributed by atoms with E-state index in [1.165, 1.54) is 12.8 Å². The topological polar surface area (TPSA) is 86.6 Å². The van der Waals surface area contributed by atoms with E-state index in [9.17, 15) is 4.79 Å². The van der Waals surface area contributed by atoms with Crippen LogP contribution in [-0.2, 0) is 11.3 Å². The molecule has 2 fully saturated rings. The highest BCUT2D eigenvalue weighted by Gasteiger charge is 2.34. The van der Waals surface area contributed by atoms with Crippen molar-refractivity contribution < 1.29 is 19.0 Å². The summed E-state index contributed by atoms with van der Waals surface area (Å²) in [5.74, 6) is 2.17. The van der Waals surface area contributed by atoms with E-state index in [4.69, 9.17) is 14.2 Å². The van der Waals surface area contributed by atoms with E-state index in [0.717, 1.165) is 30.3 Å². The molecule has 3 heterocycles. The fourth-order valence-corrected chi connectivity index (χ4v) is 3.90. The maximum absolute atomic E-state index is 12.5. The third-order valence-electron chi connectivity index (χ3n) is 5.63. The minimum Gasteiger partial charge on any atom is -0.486 e. The Bertz CT molecular complexity index is 866. The van der Waals surface area contributed by atoms with E-state index >= 15 is 0 Å². The Morgan fingerprint density at radius 1 is 1.17 bits per heavy atom. The van der Waals surface area contributed by atoms with Gasteiger partial charge in [0.2, 0.25) is 0 Å². The van der Waals surface area contributed by atoms with Gasteiger partial charge in [-0.25, -0.2) is 4.79 Å². The van der Waals surface area contributed by atoms with Gasteiger partial charge in [0.1, 0.15) is 12.7 Å². The lowest BCUT2D eigenvalue weighted by atomic mass is 10.1. The molecule has 1 aliphatic carbocycles. The highest BCUT2D eigenvalue weighted by molar-refractivity contribution is 5.74. The smallest absolute Gasteiger partial charge is 0.315 e. The number of nitrogens with one attached hydrogen (secondary N) is 2. The number of urea groups is 1. The Kier molecular flexibility index (Phi) is 5.01. The highest BCUT2D eigenvalue weighted by Crippen LogP contribution is 2.34. The van der Waals surface area contributed by atoms with E-state index in [0.29, 0.717) is 25.5 Å². The van der Waals surface area contributed by atoms with Gasteiger partial charge in [-0.05, 0) is 43.4 Å². The standard InChI is InChI=1S/C21H26N4O4/c26-21(22-11-15-13-28-18-3-1-2-4-19(18)29-15)24-16-8-10-27-20(16)17-7-9-23-25(17)12-14-5-6-14/h1-4,7,9,14-16,20H,5-6,8,10-13H2,(H2,22,24,26)/t15?,16-,20-/m1/s1. The first-order valence-electron chi connectivity index (χ1n) is 10.3. The number of benzene rings is 1. The third kappa shape index (κ3) is 4.17. The van der Waals surface area contributed by atoms with Crippen LogP contribution in [0.15, 0.2) is 36.5 Å². The van der Waals surface area contributed by atoms with Gasteiger partial charge in [-0.2, -0.15) is 5.10 Å². The lowest BCUT2D eigenvalue weighted by Gasteiger charge is -2.27. The van der Waals surface area contributed by atoms with Gasteiger partial charge in [-0.1, -0.05) is 12.1 Å². The zero-order valence-corrected chi connectivity index (χ0v) is 16.3. The number of hydrogen-bond donors (Lipinski definition) is 2. The second kappa shape index (κ2) is 7.94. The Morgan fingerprint density at radius 3 is 2.90 bits per heavy atom. The molecule has 1 saturated carbocycles. The molecular weight excluding hydrogens is 372 g/mol. The summed E-state index contributed by atoms with van der Waals surface area (Å²) < 4.78 is 19.6. The van der Waals surface area contributed by atoms with E-state index in [2.05, 4.69) is 15.7 Å². The van der Waals surface area contributed by atoms with Crippen molar-refractivity contribution >= 4 is 6.03 Å². The number of carbonyl (C=O) groups excluding carboxylic acids is 1. The molecule has 29 heavy (non-hydrogen) atoms. The zero-order chi connectivity index (χ0) is 19.6. The van der Waals surface area contributed by atoms with Crippen molar-refractivity contribution in [2.24, 2.45) is 5.92 Å². The van der Waals surface area contributed by atoms with Gasteiger partial charge in [-0.15, -0.1) is 0 Å². The van der Waals surface area contributed by atoms with Crippen LogP contribution in [0.3, 0.4) is 0 Å². The first-order chi connectivity index (χ1) is 14.3. The lowest BCUT2D eigenvalue weighted by molar-refractivity contribution is 0.0879. The monoisotopic (exact) mass is 398 g/mol. The number of fused-ring (bicyclic) bond motifs is 1. The second-order valence-corrected chi connectivity index (χ2v) is 7.92. The first kappa shape index (κ1) is 18.3. The molecule has 1 aromatic heterocycles. The van der Waals surface area contributed by atoms with Crippen molar-refractivity contribution in [3.05, 3.63) is 42.2 Å². The van der Waals surface area contributed by atoms with Crippen LogP contribution < -0.4 is 20.1 Å². The Morgan fingerprint density at radius 2 is 2.03 bits per heavy atom. The summed E-state index contributed by atoms with van der Waals surface area (Å²) in [6.07, 6.45) is 4.76. The summed E-state index contributed by atoms with van der Waals surface area (Å²) in [6.45, 7) is 2.34. The predicted molar refractivity (Wildman–Crippen MR) is 105 cm³/mol. The van der Waals surface area contributed by atoms with Crippen molar-refractivity contribution in [2.75, 3.05) is 19.8 Å². The van der Waals surface area contributed by atoms with E-state index in [1.54, 1.807) is 0 Å². The van der Waals surface area contributed by atoms with E-state index < -0.39 is 0 Å². The maximum atomic E-state index is 12.5. The molecule has 1 aromatic carbocycles. The summed E-state index contributed by atoms with van der Waals surface area (Å²) in [7, 11) is 0. The molecule has 154 valence electrons.